The molecule has 0 saturated heterocycles. The molecule has 2 aromatic carbocycles. The van der Waals surface area contributed by atoms with Gasteiger partial charge in [0.15, 0.2) is 9.84 Å². The van der Waals surface area contributed by atoms with Gasteiger partial charge in [0.1, 0.15) is 5.76 Å². The topological polar surface area (TPSA) is 64.3 Å². The zero-order valence-corrected chi connectivity index (χ0v) is 13.5. The van der Waals surface area contributed by atoms with E-state index in [4.69, 9.17) is 4.42 Å². The van der Waals surface area contributed by atoms with Gasteiger partial charge >= 0.3 is 5.63 Å². The summed E-state index contributed by atoms with van der Waals surface area (Å²) in [5, 5.41) is 2.13. The molecule has 0 saturated carbocycles. The highest BCUT2D eigenvalue weighted by Gasteiger charge is 2.17. The van der Waals surface area contributed by atoms with Crippen LogP contribution in [0, 0.1) is 6.92 Å². The Bertz CT molecular complexity index is 1010. The molecule has 3 aromatic rings. The monoisotopic (exact) mass is 328 g/mol. The van der Waals surface area contributed by atoms with Crippen LogP contribution in [0.3, 0.4) is 0 Å². The molecular formula is C18H16O4S. The maximum Gasteiger partial charge on any atom is 0.337 e. The fourth-order valence-electron chi connectivity index (χ4n) is 2.63. The molecule has 0 aliphatic heterocycles. The first kappa shape index (κ1) is 15.5. The van der Waals surface area contributed by atoms with Gasteiger partial charge < -0.3 is 4.42 Å². The van der Waals surface area contributed by atoms with Crippen LogP contribution < -0.4 is 5.63 Å². The predicted molar refractivity (Wildman–Crippen MR) is 89.4 cm³/mol. The van der Waals surface area contributed by atoms with Crippen molar-refractivity contribution in [2.24, 2.45) is 0 Å². The zero-order valence-electron chi connectivity index (χ0n) is 12.7. The molecule has 1 aromatic heterocycles. The Hall–Kier alpha value is -2.40. The highest BCUT2D eigenvalue weighted by molar-refractivity contribution is 7.91. The lowest BCUT2D eigenvalue weighted by Crippen LogP contribution is -2.12. The summed E-state index contributed by atoms with van der Waals surface area (Å²) in [6.45, 7) is 1.56. The second kappa shape index (κ2) is 6.01. The third-order valence-electron chi connectivity index (χ3n) is 3.75. The SMILES string of the molecule is Cc1cc(S(=O)(=O)CCc2cccc3ccccc23)cc(=O)o1. The average Bonchev–Trinajstić information content (AvgIpc) is 2.52. The molecule has 0 bridgehead atoms. The molecule has 0 spiro atoms. The van der Waals surface area contributed by atoms with Gasteiger partial charge in [0.25, 0.3) is 0 Å². The van der Waals surface area contributed by atoms with Crippen LogP contribution in [0.1, 0.15) is 11.3 Å². The fourth-order valence-corrected chi connectivity index (χ4v) is 3.97. The molecule has 1 heterocycles. The first-order chi connectivity index (χ1) is 11.0. The summed E-state index contributed by atoms with van der Waals surface area (Å²) in [5.74, 6) is 0.241. The second-order valence-electron chi connectivity index (χ2n) is 5.43. The molecule has 23 heavy (non-hydrogen) atoms. The van der Waals surface area contributed by atoms with E-state index in [1.807, 2.05) is 42.5 Å². The van der Waals surface area contributed by atoms with Gasteiger partial charge in [0, 0.05) is 6.07 Å². The Balaban J connectivity index is 1.91. The van der Waals surface area contributed by atoms with E-state index in [0.717, 1.165) is 22.4 Å². The minimum Gasteiger partial charge on any atom is -0.428 e. The minimum atomic E-state index is -3.53. The number of sulfone groups is 1. The van der Waals surface area contributed by atoms with Crippen molar-refractivity contribution >= 4 is 20.6 Å². The van der Waals surface area contributed by atoms with E-state index < -0.39 is 15.5 Å². The van der Waals surface area contributed by atoms with Gasteiger partial charge in [0.05, 0.1) is 10.6 Å². The Morgan fingerprint density at radius 2 is 1.74 bits per heavy atom. The maximum absolute atomic E-state index is 12.5. The van der Waals surface area contributed by atoms with Gasteiger partial charge in [-0.15, -0.1) is 0 Å². The molecule has 0 unspecified atom stereocenters. The van der Waals surface area contributed by atoms with Gasteiger partial charge in [0.2, 0.25) is 0 Å². The van der Waals surface area contributed by atoms with Crippen LogP contribution in [0.2, 0.25) is 0 Å². The van der Waals surface area contributed by atoms with Crippen molar-refractivity contribution < 1.29 is 12.8 Å². The Labute approximate surface area is 134 Å². The molecule has 118 valence electrons. The standard InChI is InChI=1S/C18H16O4S/c1-13-11-16(12-18(19)22-13)23(20,21)10-9-15-7-4-6-14-5-2-3-8-17(14)15/h2-8,11-12H,9-10H2,1H3. The van der Waals surface area contributed by atoms with Crippen molar-refractivity contribution in [3.05, 3.63) is 76.3 Å². The number of rotatable bonds is 4. The highest BCUT2D eigenvalue weighted by Crippen LogP contribution is 2.20. The van der Waals surface area contributed by atoms with Gasteiger partial charge in [-0.25, -0.2) is 13.2 Å². The second-order valence-corrected chi connectivity index (χ2v) is 7.54. The third-order valence-corrected chi connectivity index (χ3v) is 5.44. The smallest absolute Gasteiger partial charge is 0.337 e. The molecule has 3 rings (SSSR count). The van der Waals surface area contributed by atoms with Crippen LogP contribution in [-0.2, 0) is 16.3 Å². The first-order valence-corrected chi connectivity index (χ1v) is 8.92. The molecule has 0 fully saturated rings. The molecule has 0 radical (unpaired) electrons. The summed E-state index contributed by atoms with van der Waals surface area (Å²) in [5.41, 5.74) is 0.333. The van der Waals surface area contributed by atoms with Crippen LogP contribution in [0.5, 0.6) is 0 Å². The van der Waals surface area contributed by atoms with Crippen LogP contribution in [0.15, 0.2) is 68.7 Å². The molecule has 0 aliphatic carbocycles. The lowest BCUT2D eigenvalue weighted by Gasteiger charge is -2.08. The number of benzene rings is 2. The molecule has 0 amide bonds. The molecular weight excluding hydrogens is 312 g/mol. The van der Waals surface area contributed by atoms with Gasteiger partial charge in [-0.1, -0.05) is 42.5 Å². The Kier molecular flexibility index (Phi) is 4.05. The fraction of sp³-hybridized carbons (Fsp3) is 0.167. The van der Waals surface area contributed by atoms with E-state index >= 15 is 0 Å². The number of hydrogen-bond donors (Lipinski definition) is 0. The number of aryl methyl sites for hydroxylation is 2. The van der Waals surface area contributed by atoms with Crippen LogP contribution in [0.4, 0.5) is 0 Å². The van der Waals surface area contributed by atoms with Gasteiger partial charge in [-0.3, -0.25) is 0 Å². The summed E-state index contributed by atoms with van der Waals surface area (Å²) in [7, 11) is -3.53. The highest BCUT2D eigenvalue weighted by atomic mass is 32.2. The molecule has 0 atom stereocenters. The lowest BCUT2D eigenvalue weighted by atomic mass is 10.0. The van der Waals surface area contributed by atoms with Gasteiger partial charge in [-0.2, -0.15) is 0 Å². The quantitative estimate of drug-likeness (QED) is 0.738. The molecule has 4 nitrogen and oxygen atoms in total. The lowest BCUT2D eigenvalue weighted by molar-refractivity contribution is 0.473. The summed E-state index contributed by atoms with van der Waals surface area (Å²) in [6, 6.07) is 16.1. The van der Waals surface area contributed by atoms with E-state index in [1.54, 1.807) is 6.92 Å². The Morgan fingerprint density at radius 1 is 1.00 bits per heavy atom. The van der Waals surface area contributed by atoms with Gasteiger partial charge in [-0.05, 0) is 35.7 Å². The summed E-state index contributed by atoms with van der Waals surface area (Å²) in [4.78, 5) is 11.4. The molecule has 0 N–H and O–H groups in total. The van der Waals surface area contributed by atoms with E-state index in [9.17, 15) is 13.2 Å². The minimum absolute atomic E-state index is 0.0199. The largest absolute Gasteiger partial charge is 0.428 e. The summed E-state index contributed by atoms with van der Waals surface area (Å²) < 4.78 is 29.7. The predicted octanol–water partition coefficient (Wildman–Crippen LogP) is 3.12. The third kappa shape index (κ3) is 3.35. The molecule has 0 aliphatic rings. The van der Waals surface area contributed by atoms with E-state index in [-0.39, 0.29) is 10.6 Å². The van der Waals surface area contributed by atoms with Crippen LogP contribution >= 0.6 is 0 Å². The molecule has 5 heteroatoms. The van der Waals surface area contributed by atoms with Crippen molar-refractivity contribution in [1.29, 1.82) is 0 Å². The van der Waals surface area contributed by atoms with Crippen LogP contribution in [0.25, 0.3) is 10.8 Å². The van der Waals surface area contributed by atoms with E-state index in [1.165, 1.54) is 6.07 Å². The van der Waals surface area contributed by atoms with Crippen molar-refractivity contribution in [2.75, 3.05) is 5.75 Å². The first-order valence-electron chi connectivity index (χ1n) is 7.27. The average molecular weight is 328 g/mol. The Morgan fingerprint density at radius 3 is 2.52 bits per heavy atom. The number of fused-ring (bicyclic) bond motifs is 1. The van der Waals surface area contributed by atoms with Crippen molar-refractivity contribution in [3.63, 3.8) is 0 Å². The van der Waals surface area contributed by atoms with E-state index in [0.29, 0.717) is 12.2 Å². The van der Waals surface area contributed by atoms with E-state index in [2.05, 4.69) is 0 Å². The van der Waals surface area contributed by atoms with Crippen molar-refractivity contribution in [1.82, 2.24) is 0 Å². The van der Waals surface area contributed by atoms with Crippen LogP contribution in [-0.4, -0.2) is 14.2 Å². The van der Waals surface area contributed by atoms with Crippen molar-refractivity contribution in [2.45, 2.75) is 18.2 Å². The summed E-state index contributed by atoms with van der Waals surface area (Å²) >= 11 is 0. The normalized spacial score (nSPS) is 11.7. The van der Waals surface area contributed by atoms with Crippen molar-refractivity contribution in [3.8, 4) is 0 Å². The zero-order chi connectivity index (χ0) is 16.4. The maximum atomic E-state index is 12.5. The summed E-state index contributed by atoms with van der Waals surface area (Å²) in [6.07, 6.45) is 0.392. The number of hydrogen-bond acceptors (Lipinski definition) is 4.